The molecule has 0 spiro atoms. The van der Waals surface area contributed by atoms with Gasteiger partial charge in [0.1, 0.15) is 0 Å². The lowest BCUT2D eigenvalue weighted by Gasteiger charge is -2.39. The lowest BCUT2D eigenvalue weighted by Crippen LogP contribution is -2.46. The number of likely N-dealkylation sites (tertiary alicyclic amines) is 1. The third-order valence-corrected chi connectivity index (χ3v) is 6.96. The molecule has 2 aromatic carbocycles. The van der Waals surface area contributed by atoms with E-state index in [0.29, 0.717) is 6.04 Å². The number of hydrogen-bond acceptors (Lipinski definition) is 1. The third kappa shape index (κ3) is 4.21. The topological polar surface area (TPSA) is 3.24 Å². The molecule has 0 aromatic heterocycles. The van der Waals surface area contributed by atoms with Crippen LogP contribution >= 0.6 is 0 Å². The van der Waals surface area contributed by atoms with Crippen molar-refractivity contribution in [2.75, 3.05) is 38.6 Å². The van der Waals surface area contributed by atoms with E-state index in [1.165, 1.54) is 67.5 Å². The van der Waals surface area contributed by atoms with E-state index < -0.39 is 0 Å². The number of benzene rings is 2. The van der Waals surface area contributed by atoms with Crippen LogP contribution in [0.15, 0.2) is 48.5 Å². The van der Waals surface area contributed by atoms with Crippen molar-refractivity contribution in [2.24, 2.45) is 5.92 Å². The predicted molar refractivity (Wildman–Crippen MR) is 115 cm³/mol. The zero-order chi connectivity index (χ0) is 18.9. The highest BCUT2D eigenvalue weighted by Crippen LogP contribution is 2.32. The molecular weight excluding hydrogens is 328 g/mol. The molecule has 1 fully saturated rings. The van der Waals surface area contributed by atoms with Gasteiger partial charge in [0.05, 0.1) is 27.2 Å². The standard InChI is InChI=1S/C25H35N2/c1-20-8-4-7-11-25(20)26(15-12-21-13-16-27(2,3)17-14-21)24-18-22-9-5-6-10-23(22)19-24/h4-11,21,24H,12-19H2,1-3H3/q+1. The van der Waals surface area contributed by atoms with E-state index in [0.717, 1.165) is 5.92 Å². The summed E-state index contributed by atoms with van der Waals surface area (Å²) in [5, 5.41) is 0. The van der Waals surface area contributed by atoms with E-state index in [4.69, 9.17) is 0 Å². The summed E-state index contributed by atoms with van der Waals surface area (Å²) in [6.07, 6.45) is 6.50. The molecule has 4 rings (SSSR count). The number of para-hydroxylation sites is 1. The summed E-state index contributed by atoms with van der Waals surface area (Å²) < 4.78 is 1.20. The summed E-state index contributed by atoms with van der Waals surface area (Å²) in [5.74, 6) is 0.895. The van der Waals surface area contributed by atoms with E-state index in [9.17, 15) is 0 Å². The number of fused-ring (bicyclic) bond motifs is 1. The molecule has 1 heterocycles. The van der Waals surface area contributed by atoms with E-state index in [2.05, 4.69) is 74.4 Å². The monoisotopic (exact) mass is 363 g/mol. The number of anilines is 1. The third-order valence-electron chi connectivity index (χ3n) is 6.96. The van der Waals surface area contributed by atoms with Crippen molar-refractivity contribution in [2.45, 2.75) is 45.1 Å². The van der Waals surface area contributed by atoms with Crippen LogP contribution in [-0.2, 0) is 12.8 Å². The van der Waals surface area contributed by atoms with Gasteiger partial charge in [0, 0.05) is 18.3 Å². The first-order chi connectivity index (χ1) is 13.0. The number of piperidine rings is 1. The maximum Gasteiger partial charge on any atom is 0.0785 e. The van der Waals surface area contributed by atoms with E-state index >= 15 is 0 Å². The molecule has 144 valence electrons. The van der Waals surface area contributed by atoms with Gasteiger partial charge < -0.3 is 9.38 Å². The van der Waals surface area contributed by atoms with Crippen molar-refractivity contribution in [3.8, 4) is 0 Å². The maximum atomic E-state index is 2.74. The van der Waals surface area contributed by atoms with E-state index in [1.807, 2.05) is 0 Å². The zero-order valence-corrected chi connectivity index (χ0v) is 17.3. The maximum absolute atomic E-state index is 2.74. The van der Waals surface area contributed by atoms with E-state index in [1.54, 1.807) is 11.1 Å². The Bertz CT molecular complexity index is 744. The van der Waals surface area contributed by atoms with Crippen molar-refractivity contribution in [1.29, 1.82) is 0 Å². The second-order valence-corrected chi connectivity index (χ2v) is 9.43. The van der Waals surface area contributed by atoms with Gasteiger partial charge in [-0.05, 0) is 67.7 Å². The molecule has 2 aromatic rings. The lowest BCUT2D eigenvalue weighted by molar-refractivity contribution is -0.896. The van der Waals surface area contributed by atoms with Gasteiger partial charge in [-0.3, -0.25) is 0 Å². The highest BCUT2D eigenvalue weighted by molar-refractivity contribution is 5.55. The first kappa shape index (κ1) is 18.6. The molecule has 1 aliphatic heterocycles. The minimum absolute atomic E-state index is 0.610. The Balaban J connectivity index is 1.49. The Morgan fingerprint density at radius 2 is 1.48 bits per heavy atom. The van der Waals surface area contributed by atoms with Crippen LogP contribution in [-0.4, -0.2) is 44.3 Å². The molecule has 0 radical (unpaired) electrons. The van der Waals surface area contributed by atoms with Gasteiger partial charge >= 0.3 is 0 Å². The summed E-state index contributed by atoms with van der Waals surface area (Å²) in [5.41, 5.74) is 5.97. The summed E-state index contributed by atoms with van der Waals surface area (Å²) in [4.78, 5) is 2.74. The molecule has 0 amide bonds. The average molecular weight is 364 g/mol. The Morgan fingerprint density at radius 1 is 0.889 bits per heavy atom. The lowest BCUT2D eigenvalue weighted by atomic mass is 9.92. The molecule has 2 heteroatoms. The Hall–Kier alpha value is -1.80. The van der Waals surface area contributed by atoms with Crippen LogP contribution < -0.4 is 4.90 Å². The van der Waals surface area contributed by atoms with Crippen molar-refractivity contribution >= 4 is 5.69 Å². The molecule has 0 atom stereocenters. The fourth-order valence-corrected chi connectivity index (χ4v) is 5.07. The smallest absolute Gasteiger partial charge is 0.0785 e. The van der Waals surface area contributed by atoms with Gasteiger partial charge in [0.2, 0.25) is 0 Å². The quantitative estimate of drug-likeness (QED) is 0.687. The van der Waals surface area contributed by atoms with Crippen LogP contribution in [0.2, 0.25) is 0 Å². The Morgan fingerprint density at radius 3 is 2.11 bits per heavy atom. The summed E-state index contributed by atoms with van der Waals surface area (Å²) in [6.45, 7) is 6.14. The first-order valence-corrected chi connectivity index (χ1v) is 10.7. The number of hydrogen-bond donors (Lipinski definition) is 0. The fraction of sp³-hybridized carbons (Fsp3) is 0.520. The van der Waals surface area contributed by atoms with Gasteiger partial charge in [0.15, 0.2) is 0 Å². The van der Waals surface area contributed by atoms with Crippen molar-refractivity contribution in [1.82, 2.24) is 0 Å². The van der Waals surface area contributed by atoms with Crippen LogP contribution in [0.3, 0.4) is 0 Å². The van der Waals surface area contributed by atoms with Gasteiger partial charge in [-0.1, -0.05) is 42.5 Å². The minimum atomic E-state index is 0.610. The molecule has 0 bridgehead atoms. The summed E-state index contributed by atoms with van der Waals surface area (Å²) in [6, 6.07) is 18.6. The molecule has 2 aliphatic rings. The van der Waals surface area contributed by atoms with Crippen LogP contribution in [0.25, 0.3) is 0 Å². The summed E-state index contributed by atoms with van der Waals surface area (Å²) >= 11 is 0. The van der Waals surface area contributed by atoms with Crippen molar-refractivity contribution in [3.63, 3.8) is 0 Å². The minimum Gasteiger partial charge on any atom is -0.368 e. The van der Waals surface area contributed by atoms with Gasteiger partial charge in [-0.2, -0.15) is 0 Å². The Kier molecular flexibility index (Phi) is 5.27. The molecule has 0 saturated carbocycles. The van der Waals surface area contributed by atoms with Gasteiger partial charge in [0.25, 0.3) is 0 Å². The number of quaternary nitrogens is 1. The number of rotatable bonds is 5. The van der Waals surface area contributed by atoms with Gasteiger partial charge in [-0.15, -0.1) is 0 Å². The Labute approximate surface area is 165 Å². The second-order valence-electron chi connectivity index (χ2n) is 9.43. The average Bonchev–Trinajstić information content (AvgIpc) is 3.08. The zero-order valence-electron chi connectivity index (χ0n) is 17.3. The molecular formula is C25H35N2+. The van der Waals surface area contributed by atoms with Crippen molar-refractivity contribution < 1.29 is 4.48 Å². The molecule has 1 aliphatic carbocycles. The fourth-order valence-electron chi connectivity index (χ4n) is 5.07. The SMILES string of the molecule is Cc1ccccc1N(CCC1CC[N+](C)(C)CC1)C1Cc2ccccc2C1. The van der Waals surface area contributed by atoms with Crippen LogP contribution in [0, 0.1) is 12.8 Å². The molecule has 0 N–H and O–H groups in total. The van der Waals surface area contributed by atoms with Crippen LogP contribution in [0.4, 0.5) is 5.69 Å². The van der Waals surface area contributed by atoms with E-state index in [-0.39, 0.29) is 0 Å². The first-order valence-electron chi connectivity index (χ1n) is 10.7. The normalized spacial score (nSPS) is 19.8. The highest BCUT2D eigenvalue weighted by Gasteiger charge is 2.30. The molecule has 1 saturated heterocycles. The number of nitrogens with zero attached hydrogens (tertiary/aromatic N) is 2. The van der Waals surface area contributed by atoms with Crippen molar-refractivity contribution in [3.05, 3.63) is 65.2 Å². The molecule has 27 heavy (non-hydrogen) atoms. The van der Waals surface area contributed by atoms with Crippen LogP contribution in [0.5, 0.6) is 0 Å². The number of aryl methyl sites for hydroxylation is 1. The predicted octanol–water partition coefficient (Wildman–Crippen LogP) is 4.85. The van der Waals surface area contributed by atoms with Gasteiger partial charge in [-0.25, -0.2) is 0 Å². The molecule has 0 unspecified atom stereocenters. The molecule has 2 nitrogen and oxygen atoms in total. The highest BCUT2D eigenvalue weighted by atomic mass is 15.3. The largest absolute Gasteiger partial charge is 0.368 e. The van der Waals surface area contributed by atoms with Crippen LogP contribution in [0.1, 0.15) is 36.0 Å². The second kappa shape index (κ2) is 7.67. The summed E-state index contributed by atoms with van der Waals surface area (Å²) in [7, 11) is 4.76.